The molecule has 1 aromatic carbocycles. The molecular formula is C19H18N4O3. The molecule has 1 amide bonds. The van der Waals surface area contributed by atoms with Crippen molar-refractivity contribution in [2.75, 3.05) is 0 Å². The highest BCUT2D eigenvalue weighted by molar-refractivity contribution is 5.93. The van der Waals surface area contributed by atoms with Crippen LogP contribution in [0.3, 0.4) is 0 Å². The van der Waals surface area contributed by atoms with E-state index >= 15 is 0 Å². The fourth-order valence-electron chi connectivity index (χ4n) is 3.49. The van der Waals surface area contributed by atoms with Crippen LogP contribution in [0.2, 0.25) is 0 Å². The average molecular weight is 350 g/mol. The molecule has 1 atom stereocenters. The van der Waals surface area contributed by atoms with Crippen LogP contribution < -0.4 is 5.32 Å². The maximum atomic E-state index is 12.4. The van der Waals surface area contributed by atoms with Crippen LogP contribution in [0.15, 0.2) is 33.4 Å². The van der Waals surface area contributed by atoms with Crippen LogP contribution >= 0.6 is 0 Å². The first-order valence-electron chi connectivity index (χ1n) is 8.88. The highest BCUT2D eigenvalue weighted by Gasteiger charge is 2.30. The molecule has 132 valence electrons. The Bertz CT molecular complexity index is 986. The van der Waals surface area contributed by atoms with Crippen LogP contribution in [0.1, 0.15) is 64.4 Å². The Morgan fingerprint density at radius 2 is 2.12 bits per heavy atom. The summed E-state index contributed by atoms with van der Waals surface area (Å²) in [6, 6.07) is 6.11. The molecule has 1 N–H and O–H groups in total. The van der Waals surface area contributed by atoms with Gasteiger partial charge in [0.15, 0.2) is 0 Å². The van der Waals surface area contributed by atoms with Gasteiger partial charge in [-0.3, -0.25) is 4.79 Å². The molecule has 0 spiro atoms. The number of hydrogen-bond acceptors (Lipinski definition) is 6. The number of amides is 1. The number of aryl methyl sites for hydroxylation is 2. The zero-order chi connectivity index (χ0) is 17.7. The third-order valence-corrected chi connectivity index (χ3v) is 5.11. The number of nitrogens with zero attached hydrogens (tertiary/aromatic N) is 3. The van der Waals surface area contributed by atoms with Crippen molar-refractivity contribution >= 4 is 5.91 Å². The van der Waals surface area contributed by atoms with E-state index in [9.17, 15) is 4.79 Å². The summed E-state index contributed by atoms with van der Waals surface area (Å²) in [5.74, 6) is 1.88. The van der Waals surface area contributed by atoms with E-state index in [0.29, 0.717) is 11.7 Å². The van der Waals surface area contributed by atoms with E-state index in [1.165, 1.54) is 5.56 Å². The lowest BCUT2D eigenvalue weighted by Crippen LogP contribution is -2.27. The minimum atomic E-state index is -0.228. The fourth-order valence-corrected chi connectivity index (χ4v) is 3.49. The molecule has 0 bridgehead atoms. The minimum Gasteiger partial charge on any atom is -0.351 e. The van der Waals surface area contributed by atoms with Crippen molar-refractivity contribution in [3.63, 3.8) is 0 Å². The highest BCUT2D eigenvalue weighted by atomic mass is 16.5. The molecule has 1 unspecified atom stereocenters. The number of fused-ring (bicyclic) bond motifs is 1. The molecule has 0 radical (unpaired) electrons. The first kappa shape index (κ1) is 15.3. The maximum Gasteiger partial charge on any atom is 0.290 e. The lowest BCUT2D eigenvalue weighted by Gasteiger charge is -2.13. The Morgan fingerprint density at radius 3 is 2.88 bits per heavy atom. The summed E-state index contributed by atoms with van der Waals surface area (Å²) in [7, 11) is 0. The van der Waals surface area contributed by atoms with E-state index in [0.717, 1.165) is 48.3 Å². The van der Waals surface area contributed by atoms with Crippen molar-refractivity contribution in [2.45, 2.75) is 44.6 Å². The van der Waals surface area contributed by atoms with Crippen LogP contribution in [-0.2, 0) is 6.42 Å². The molecular weight excluding hydrogens is 332 g/mol. The SMILES string of the molecule is Cc1cnoc1C(=O)NC1CCc2cc(-c3noc(C4CC4)n3)ccc21. The summed E-state index contributed by atoms with van der Waals surface area (Å²) in [6.07, 6.45) is 5.58. The second-order valence-corrected chi connectivity index (χ2v) is 7.05. The number of rotatable bonds is 4. The highest BCUT2D eigenvalue weighted by Crippen LogP contribution is 2.40. The monoisotopic (exact) mass is 350 g/mol. The first-order chi connectivity index (χ1) is 12.7. The van der Waals surface area contributed by atoms with Gasteiger partial charge >= 0.3 is 0 Å². The summed E-state index contributed by atoms with van der Waals surface area (Å²) in [5.41, 5.74) is 4.03. The molecule has 0 saturated heterocycles. The van der Waals surface area contributed by atoms with Gasteiger partial charge in [-0.25, -0.2) is 0 Å². The summed E-state index contributed by atoms with van der Waals surface area (Å²) < 4.78 is 10.4. The van der Waals surface area contributed by atoms with Gasteiger partial charge < -0.3 is 14.4 Å². The van der Waals surface area contributed by atoms with Gasteiger partial charge in [-0.15, -0.1) is 0 Å². The molecule has 2 heterocycles. The Balaban J connectivity index is 1.36. The number of carbonyl (C=O) groups excluding carboxylic acids is 1. The molecule has 1 fully saturated rings. The molecule has 26 heavy (non-hydrogen) atoms. The first-order valence-corrected chi connectivity index (χ1v) is 8.88. The molecule has 7 nitrogen and oxygen atoms in total. The predicted octanol–water partition coefficient (Wildman–Crippen LogP) is 3.33. The average Bonchev–Trinajstić information content (AvgIpc) is 3.05. The van der Waals surface area contributed by atoms with Gasteiger partial charge in [-0.2, -0.15) is 4.98 Å². The van der Waals surface area contributed by atoms with E-state index in [-0.39, 0.29) is 17.7 Å². The Hall–Kier alpha value is -2.96. The van der Waals surface area contributed by atoms with Gasteiger partial charge in [-0.1, -0.05) is 22.4 Å². The van der Waals surface area contributed by atoms with Crippen molar-refractivity contribution in [1.82, 2.24) is 20.6 Å². The second kappa shape index (κ2) is 5.79. The van der Waals surface area contributed by atoms with E-state index in [4.69, 9.17) is 9.05 Å². The second-order valence-electron chi connectivity index (χ2n) is 7.05. The van der Waals surface area contributed by atoms with Crippen molar-refractivity contribution in [3.8, 4) is 11.4 Å². The molecule has 1 saturated carbocycles. The topological polar surface area (TPSA) is 94.1 Å². The largest absolute Gasteiger partial charge is 0.351 e. The van der Waals surface area contributed by atoms with Gasteiger partial charge in [0.2, 0.25) is 17.5 Å². The molecule has 0 aliphatic heterocycles. The van der Waals surface area contributed by atoms with E-state index in [2.05, 4.69) is 26.7 Å². The molecule has 3 aromatic rings. The van der Waals surface area contributed by atoms with Crippen LogP contribution in [0, 0.1) is 6.92 Å². The minimum absolute atomic E-state index is 0.0247. The van der Waals surface area contributed by atoms with E-state index < -0.39 is 0 Å². The number of benzene rings is 1. The maximum absolute atomic E-state index is 12.4. The summed E-state index contributed by atoms with van der Waals surface area (Å²) in [4.78, 5) is 16.9. The zero-order valence-electron chi connectivity index (χ0n) is 14.4. The van der Waals surface area contributed by atoms with Crippen LogP contribution in [0.25, 0.3) is 11.4 Å². The van der Waals surface area contributed by atoms with Gasteiger partial charge in [0.1, 0.15) is 0 Å². The third kappa shape index (κ3) is 2.60. The van der Waals surface area contributed by atoms with Crippen LogP contribution in [0.5, 0.6) is 0 Å². The fraction of sp³-hybridized carbons (Fsp3) is 0.368. The van der Waals surface area contributed by atoms with Gasteiger partial charge in [-0.05, 0) is 49.8 Å². The summed E-state index contributed by atoms with van der Waals surface area (Å²) in [5, 5.41) is 10.8. The molecule has 7 heteroatoms. The zero-order valence-corrected chi connectivity index (χ0v) is 14.4. The van der Waals surface area contributed by atoms with Crippen molar-refractivity contribution in [2.24, 2.45) is 0 Å². The lowest BCUT2D eigenvalue weighted by molar-refractivity contribution is 0.0898. The van der Waals surface area contributed by atoms with E-state index in [1.807, 2.05) is 12.1 Å². The number of aromatic nitrogens is 3. The normalized spacial score (nSPS) is 18.7. The standard InChI is InChI=1S/C19H18N4O3/c1-10-9-20-25-16(10)18(24)21-15-7-5-12-8-13(4-6-14(12)15)17-22-19(26-23-17)11-2-3-11/h4,6,8-9,11,15H,2-3,5,7H2,1H3,(H,21,24). The number of carbonyl (C=O) groups is 1. The molecule has 5 rings (SSSR count). The Kier molecular flexibility index (Phi) is 3.41. The van der Waals surface area contributed by atoms with Gasteiger partial charge in [0, 0.05) is 17.0 Å². The van der Waals surface area contributed by atoms with E-state index in [1.54, 1.807) is 13.1 Å². The lowest BCUT2D eigenvalue weighted by atomic mass is 10.0. The number of nitrogens with one attached hydrogen (secondary N) is 1. The molecule has 2 aliphatic carbocycles. The van der Waals surface area contributed by atoms with Crippen LogP contribution in [-0.4, -0.2) is 21.2 Å². The van der Waals surface area contributed by atoms with Gasteiger partial charge in [0.05, 0.1) is 12.2 Å². The smallest absolute Gasteiger partial charge is 0.290 e. The molecule has 2 aliphatic rings. The van der Waals surface area contributed by atoms with Crippen molar-refractivity contribution in [3.05, 3.63) is 52.7 Å². The Morgan fingerprint density at radius 1 is 1.23 bits per heavy atom. The quantitative estimate of drug-likeness (QED) is 0.776. The van der Waals surface area contributed by atoms with Crippen molar-refractivity contribution in [1.29, 1.82) is 0 Å². The number of hydrogen-bond donors (Lipinski definition) is 1. The predicted molar refractivity (Wildman–Crippen MR) is 91.5 cm³/mol. The summed E-state index contributed by atoms with van der Waals surface area (Å²) >= 11 is 0. The third-order valence-electron chi connectivity index (χ3n) is 5.11. The van der Waals surface area contributed by atoms with Crippen molar-refractivity contribution < 1.29 is 13.8 Å². The Labute approximate surface area is 149 Å². The van der Waals surface area contributed by atoms with Gasteiger partial charge in [0.25, 0.3) is 5.91 Å². The van der Waals surface area contributed by atoms with Crippen LogP contribution in [0.4, 0.5) is 0 Å². The summed E-state index contributed by atoms with van der Waals surface area (Å²) in [6.45, 7) is 1.81. The molecule has 2 aromatic heterocycles.